The molecule has 4 N–H and O–H groups in total. The highest BCUT2D eigenvalue weighted by Gasteiger charge is 2.29. The zero-order chi connectivity index (χ0) is 22.5. The Hall–Kier alpha value is -3.14. The van der Waals surface area contributed by atoms with Crippen molar-refractivity contribution in [3.8, 4) is 0 Å². The molecular weight excluding hydrogens is 396 g/mol. The number of carboxylic acids is 1. The van der Waals surface area contributed by atoms with Crippen LogP contribution in [-0.4, -0.2) is 59.4 Å². The lowest BCUT2D eigenvalue weighted by Gasteiger charge is -2.21. The topological polar surface area (TPSA) is 151 Å². The number of ether oxygens (including phenoxy) is 2. The second kappa shape index (κ2) is 13.2. The van der Waals surface area contributed by atoms with Crippen LogP contribution in [0.25, 0.3) is 0 Å². The number of esters is 1. The van der Waals surface area contributed by atoms with E-state index in [9.17, 15) is 29.4 Å². The van der Waals surface area contributed by atoms with Crippen LogP contribution >= 0.6 is 0 Å². The van der Waals surface area contributed by atoms with Gasteiger partial charge in [-0.05, 0) is 18.4 Å². The molecular formula is C20H28N2O8. The maximum Gasteiger partial charge on any atom is 0.407 e. The van der Waals surface area contributed by atoms with Gasteiger partial charge in [-0.1, -0.05) is 37.3 Å². The normalized spacial score (nSPS) is 13.4. The fourth-order valence-corrected chi connectivity index (χ4v) is 2.54. The molecule has 0 unspecified atom stereocenters. The number of benzene rings is 1. The van der Waals surface area contributed by atoms with Crippen LogP contribution in [0, 0.1) is 5.92 Å². The van der Waals surface area contributed by atoms with Crippen molar-refractivity contribution in [3.05, 3.63) is 35.9 Å². The molecule has 0 aliphatic carbocycles. The molecule has 2 amide bonds. The molecule has 0 fully saturated rings. The van der Waals surface area contributed by atoms with Crippen molar-refractivity contribution >= 4 is 23.9 Å². The maximum absolute atomic E-state index is 12.0. The Morgan fingerprint density at radius 3 is 2.33 bits per heavy atom. The smallest absolute Gasteiger partial charge is 0.407 e. The zero-order valence-electron chi connectivity index (χ0n) is 17.0. The SMILES string of the molecule is CCOC(=O)C[C@H](C)[C@H](NC(=O)C[C@@H](O)CNC(=O)OCc1ccccc1)C(=O)O. The predicted octanol–water partition coefficient (Wildman–Crippen LogP) is 0.823. The van der Waals surface area contributed by atoms with E-state index in [0.717, 1.165) is 5.56 Å². The van der Waals surface area contributed by atoms with Crippen LogP contribution in [0.1, 0.15) is 32.3 Å². The summed E-state index contributed by atoms with van der Waals surface area (Å²) in [6.07, 6.45) is -2.62. The third-order valence-corrected chi connectivity index (χ3v) is 4.06. The van der Waals surface area contributed by atoms with Gasteiger partial charge in [0.05, 0.1) is 25.6 Å². The molecule has 0 spiro atoms. The molecule has 0 bridgehead atoms. The summed E-state index contributed by atoms with van der Waals surface area (Å²) in [4.78, 5) is 46.6. The lowest BCUT2D eigenvalue weighted by Crippen LogP contribution is -2.47. The fraction of sp³-hybridized carbons (Fsp3) is 0.500. The number of alkyl carbamates (subject to hydrolysis) is 1. The van der Waals surface area contributed by atoms with Crippen LogP contribution in [0.5, 0.6) is 0 Å². The van der Waals surface area contributed by atoms with E-state index < -0.39 is 48.4 Å². The van der Waals surface area contributed by atoms with Gasteiger partial charge in [0.15, 0.2) is 0 Å². The van der Waals surface area contributed by atoms with E-state index in [4.69, 9.17) is 9.47 Å². The molecule has 0 saturated carbocycles. The molecule has 0 aliphatic heterocycles. The number of aliphatic hydroxyl groups is 1. The average Bonchev–Trinajstić information content (AvgIpc) is 2.69. The first-order chi connectivity index (χ1) is 14.2. The first kappa shape index (κ1) is 24.9. The monoisotopic (exact) mass is 424 g/mol. The molecule has 0 saturated heterocycles. The molecule has 0 heterocycles. The van der Waals surface area contributed by atoms with Gasteiger partial charge in [-0.25, -0.2) is 9.59 Å². The van der Waals surface area contributed by atoms with Crippen molar-refractivity contribution < 1.29 is 38.9 Å². The summed E-state index contributed by atoms with van der Waals surface area (Å²) in [5.41, 5.74) is 0.796. The van der Waals surface area contributed by atoms with Gasteiger partial charge in [-0.3, -0.25) is 9.59 Å². The molecule has 166 valence electrons. The van der Waals surface area contributed by atoms with Crippen molar-refractivity contribution in [2.24, 2.45) is 5.92 Å². The fourth-order valence-electron chi connectivity index (χ4n) is 2.54. The lowest BCUT2D eigenvalue weighted by atomic mass is 9.98. The predicted molar refractivity (Wildman–Crippen MR) is 105 cm³/mol. The second-order valence-corrected chi connectivity index (χ2v) is 6.67. The molecule has 0 aromatic heterocycles. The van der Waals surface area contributed by atoms with Crippen LogP contribution in [0.15, 0.2) is 30.3 Å². The van der Waals surface area contributed by atoms with Crippen molar-refractivity contribution in [3.63, 3.8) is 0 Å². The van der Waals surface area contributed by atoms with Crippen LogP contribution < -0.4 is 10.6 Å². The van der Waals surface area contributed by atoms with Gasteiger partial charge >= 0.3 is 18.0 Å². The van der Waals surface area contributed by atoms with Crippen molar-refractivity contribution in [1.82, 2.24) is 10.6 Å². The number of carbonyl (C=O) groups is 4. The van der Waals surface area contributed by atoms with E-state index >= 15 is 0 Å². The molecule has 1 rings (SSSR count). The third-order valence-electron chi connectivity index (χ3n) is 4.06. The number of carboxylic acid groups (broad SMARTS) is 1. The summed E-state index contributed by atoms with van der Waals surface area (Å²) in [5.74, 6) is -3.32. The Balaban J connectivity index is 2.39. The van der Waals surface area contributed by atoms with Gasteiger partial charge in [-0.2, -0.15) is 0 Å². The Morgan fingerprint density at radius 2 is 1.73 bits per heavy atom. The van der Waals surface area contributed by atoms with Crippen LogP contribution in [-0.2, 0) is 30.5 Å². The maximum atomic E-state index is 12.0. The van der Waals surface area contributed by atoms with Gasteiger partial charge in [0.25, 0.3) is 0 Å². The second-order valence-electron chi connectivity index (χ2n) is 6.67. The summed E-state index contributed by atoms with van der Waals surface area (Å²) in [6.45, 7) is 3.10. The number of aliphatic hydroxyl groups excluding tert-OH is 1. The third kappa shape index (κ3) is 9.87. The number of carbonyl (C=O) groups excluding carboxylic acids is 3. The standard InChI is InChI=1S/C20H28N2O8/c1-3-29-17(25)9-13(2)18(19(26)27)22-16(24)10-15(23)11-21-20(28)30-12-14-7-5-4-6-8-14/h4-8,13,15,18,23H,3,9-12H2,1-2H3,(H,21,28)(H,22,24)(H,26,27)/t13-,15+,18-/m0/s1. The molecule has 10 nitrogen and oxygen atoms in total. The van der Waals surface area contributed by atoms with Gasteiger partial charge in [0.1, 0.15) is 12.6 Å². The average molecular weight is 424 g/mol. The molecule has 1 aromatic rings. The van der Waals surface area contributed by atoms with E-state index in [0.29, 0.717) is 0 Å². The number of nitrogens with one attached hydrogen (secondary N) is 2. The summed E-state index contributed by atoms with van der Waals surface area (Å²) in [5, 5.41) is 23.8. The van der Waals surface area contributed by atoms with Crippen LogP contribution in [0.2, 0.25) is 0 Å². The van der Waals surface area contributed by atoms with E-state index in [-0.39, 0.29) is 26.2 Å². The Labute approximate surface area is 174 Å². The van der Waals surface area contributed by atoms with E-state index in [1.165, 1.54) is 6.92 Å². The van der Waals surface area contributed by atoms with Crippen molar-refractivity contribution in [1.29, 1.82) is 0 Å². The summed E-state index contributed by atoms with van der Waals surface area (Å²) < 4.78 is 9.76. The first-order valence-electron chi connectivity index (χ1n) is 9.53. The summed E-state index contributed by atoms with van der Waals surface area (Å²) in [7, 11) is 0. The van der Waals surface area contributed by atoms with Gasteiger partial charge < -0.3 is 30.3 Å². The summed E-state index contributed by atoms with van der Waals surface area (Å²) in [6, 6.07) is 7.69. The van der Waals surface area contributed by atoms with E-state index in [1.807, 2.05) is 6.07 Å². The molecule has 10 heteroatoms. The largest absolute Gasteiger partial charge is 0.480 e. The van der Waals surface area contributed by atoms with Gasteiger partial charge in [0.2, 0.25) is 5.91 Å². The number of amides is 2. The molecule has 0 aliphatic rings. The lowest BCUT2D eigenvalue weighted by molar-refractivity contribution is -0.147. The Morgan fingerprint density at radius 1 is 1.07 bits per heavy atom. The highest BCUT2D eigenvalue weighted by molar-refractivity contribution is 5.84. The molecule has 1 aromatic carbocycles. The first-order valence-corrected chi connectivity index (χ1v) is 9.53. The van der Waals surface area contributed by atoms with Crippen LogP contribution in [0.3, 0.4) is 0 Å². The Bertz CT molecular complexity index is 710. The number of rotatable bonds is 12. The molecule has 0 radical (unpaired) electrons. The zero-order valence-corrected chi connectivity index (χ0v) is 17.0. The minimum atomic E-state index is -1.32. The van der Waals surface area contributed by atoms with E-state index in [2.05, 4.69) is 10.6 Å². The van der Waals surface area contributed by atoms with Crippen molar-refractivity contribution in [2.75, 3.05) is 13.2 Å². The molecule has 3 atom stereocenters. The summed E-state index contributed by atoms with van der Waals surface area (Å²) >= 11 is 0. The van der Waals surface area contributed by atoms with Gasteiger partial charge in [0, 0.05) is 6.54 Å². The number of aliphatic carboxylic acids is 1. The minimum Gasteiger partial charge on any atom is -0.480 e. The van der Waals surface area contributed by atoms with Crippen LogP contribution in [0.4, 0.5) is 4.79 Å². The minimum absolute atomic E-state index is 0.0574. The quantitative estimate of drug-likeness (QED) is 0.360. The number of hydrogen-bond acceptors (Lipinski definition) is 7. The molecule has 30 heavy (non-hydrogen) atoms. The van der Waals surface area contributed by atoms with Gasteiger partial charge in [-0.15, -0.1) is 0 Å². The Kier molecular flexibility index (Phi) is 10.9. The van der Waals surface area contributed by atoms with Crippen molar-refractivity contribution in [2.45, 2.75) is 45.4 Å². The highest BCUT2D eigenvalue weighted by Crippen LogP contribution is 2.11. The number of hydrogen-bond donors (Lipinski definition) is 4. The van der Waals surface area contributed by atoms with E-state index in [1.54, 1.807) is 31.2 Å². The highest BCUT2D eigenvalue weighted by atomic mass is 16.5.